The quantitative estimate of drug-likeness (QED) is 0.672. The molecule has 1 aromatic carbocycles. The van der Waals surface area contributed by atoms with Gasteiger partial charge in [0, 0.05) is 23.6 Å². The fraction of sp³-hybridized carbons (Fsp3) is 0.267. The maximum absolute atomic E-state index is 12.3. The Kier molecular flexibility index (Phi) is 3.76. The number of aryl methyl sites for hydroxylation is 2. The lowest BCUT2D eigenvalue weighted by molar-refractivity contribution is 0.580. The fourth-order valence-corrected chi connectivity index (χ4v) is 4.07. The predicted octanol–water partition coefficient (Wildman–Crippen LogP) is 2.03. The minimum Gasteiger partial charge on any atom is -0.361 e. The Morgan fingerprint density at radius 1 is 1.23 bits per heavy atom. The van der Waals surface area contributed by atoms with E-state index in [1.54, 1.807) is 13.8 Å². The molecule has 6 nitrogen and oxygen atoms in total. The van der Waals surface area contributed by atoms with Crippen molar-refractivity contribution >= 4 is 20.9 Å². The van der Waals surface area contributed by atoms with E-state index in [0.29, 0.717) is 24.4 Å². The third kappa shape index (κ3) is 2.65. The Labute approximate surface area is 129 Å². The van der Waals surface area contributed by atoms with Crippen molar-refractivity contribution < 1.29 is 8.42 Å². The molecule has 0 bridgehead atoms. The molecular weight excluding hydrogens is 300 g/mol. The molecule has 0 fully saturated rings. The van der Waals surface area contributed by atoms with E-state index in [2.05, 4.69) is 19.9 Å². The van der Waals surface area contributed by atoms with Crippen LogP contribution in [0.4, 0.5) is 0 Å². The Bertz CT molecular complexity index is 889. The van der Waals surface area contributed by atoms with Crippen LogP contribution in [0.1, 0.15) is 17.0 Å². The van der Waals surface area contributed by atoms with Crippen molar-refractivity contribution in [3.8, 4) is 0 Å². The van der Waals surface area contributed by atoms with Gasteiger partial charge in [-0.05, 0) is 31.9 Å². The molecule has 0 atom stereocenters. The average molecular weight is 318 g/mol. The van der Waals surface area contributed by atoms with Crippen molar-refractivity contribution in [3.63, 3.8) is 0 Å². The van der Waals surface area contributed by atoms with E-state index in [4.69, 9.17) is 0 Å². The molecule has 0 amide bonds. The van der Waals surface area contributed by atoms with Crippen LogP contribution in [0.2, 0.25) is 0 Å². The van der Waals surface area contributed by atoms with Gasteiger partial charge in [0.25, 0.3) is 0 Å². The van der Waals surface area contributed by atoms with E-state index in [0.717, 1.165) is 16.5 Å². The number of hydrogen-bond donors (Lipinski definition) is 3. The van der Waals surface area contributed by atoms with Gasteiger partial charge in [-0.1, -0.05) is 18.2 Å². The summed E-state index contributed by atoms with van der Waals surface area (Å²) in [6.45, 7) is 3.72. The highest BCUT2D eigenvalue weighted by Gasteiger charge is 2.21. The second-order valence-corrected chi connectivity index (χ2v) is 6.97. The van der Waals surface area contributed by atoms with Crippen LogP contribution in [-0.2, 0) is 16.4 Å². The monoisotopic (exact) mass is 318 g/mol. The molecule has 0 spiro atoms. The zero-order valence-electron chi connectivity index (χ0n) is 12.5. The summed E-state index contributed by atoms with van der Waals surface area (Å²) in [7, 11) is -3.54. The van der Waals surface area contributed by atoms with Crippen LogP contribution in [0.5, 0.6) is 0 Å². The van der Waals surface area contributed by atoms with E-state index in [-0.39, 0.29) is 4.90 Å². The van der Waals surface area contributed by atoms with Gasteiger partial charge in [-0.25, -0.2) is 13.1 Å². The zero-order valence-corrected chi connectivity index (χ0v) is 13.3. The molecule has 0 saturated carbocycles. The lowest BCUT2D eigenvalue weighted by Gasteiger charge is -2.06. The largest absolute Gasteiger partial charge is 0.361 e. The van der Waals surface area contributed by atoms with Crippen molar-refractivity contribution in [3.05, 3.63) is 47.4 Å². The highest BCUT2D eigenvalue weighted by molar-refractivity contribution is 7.89. The molecule has 0 unspecified atom stereocenters. The number of para-hydroxylation sites is 1. The number of rotatable bonds is 5. The van der Waals surface area contributed by atoms with Gasteiger partial charge in [-0.2, -0.15) is 5.10 Å². The highest BCUT2D eigenvalue weighted by atomic mass is 32.2. The first-order chi connectivity index (χ1) is 10.5. The molecule has 2 heterocycles. The minimum atomic E-state index is -3.54. The molecule has 0 aliphatic carbocycles. The third-order valence-electron chi connectivity index (χ3n) is 3.69. The molecule has 0 aliphatic heterocycles. The Balaban J connectivity index is 1.73. The van der Waals surface area contributed by atoms with Crippen molar-refractivity contribution in [1.82, 2.24) is 19.9 Å². The fourth-order valence-electron chi connectivity index (χ4n) is 2.67. The normalized spacial score (nSPS) is 12.1. The van der Waals surface area contributed by atoms with Crippen LogP contribution in [0.25, 0.3) is 10.9 Å². The number of benzene rings is 1. The van der Waals surface area contributed by atoms with E-state index in [1.807, 2.05) is 30.5 Å². The standard InChI is InChI=1S/C15H18N4O2S/c1-10-15(11(2)19-18-10)22(20,21)17-8-7-12-9-16-14-6-4-3-5-13(12)14/h3-6,9,16-17H,7-8H2,1-2H3,(H,18,19). The van der Waals surface area contributed by atoms with Crippen molar-refractivity contribution in [2.24, 2.45) is 0 Å². The Morgan fingerprint density at radius 3 is 2.73 bits per heavy atom. The molecule has 22 heavy (non-hydrogen) atoms. The predicted molar refractivity (Wildman–Crippen MR) is 85.3 cm³/mol. The molecular formula is C15H18N4O2S. The molecule has 2 aromatic heterocycles. The van der Waals surface area contributed by atoms with E-state index < -0.39 is 10.0 Å². The van der Waals surface area contributed by atoms with Gasteiger partial charge < -0.3 is 4.98 Å². The lowest BCUT2D eigenvalue weighted by Crippen LogP contribution is -2.26. The van der Waals surface area contributed by atoms with Gasteiger partial charge in [-0.15, -0.1) is 0 Å². The number of nitrogens with one attached hydrogen (secondary N) is 3. The second-order valence-electron chi connectivity index (χ2n) is 5.27. The third-order valence-corrected chi connectivity index (χ3v) is 5.41. The summed E-state index contributed by atoms with van der Waals surface area (Å²) < 4.78 is 27.3. The molecule has 0 aliphatic rings. The van der Waals surface area contributed by atoms with Crippen LogP contribution >= 0.6 is 0 Å². The first kappa shape index (κ1) is 14.8. The van der Waals surface area contributed by atoms with Crippen LogP contribution in [0, 0.1) is 13.8 Å². The van der Waals surface area contributed by atoms with Gasteiger partial charge in [0.2, 0.25) is 10.0 Å². The summed E-state index contributed by atoms with van der Waals surface area (Å²) in [4.78, 5) is 3.43. The van der Waals surface area contributed by atoms with Crippen molar-refractivity contribution in [1.29, 1.82) is 0 Å². The molecule has 3 aromatic rings. The second kappa shape index (κ2) is 5.58. The Morgan fingerprint density at radius 2 is 2.00 bits per heavy atom. The van der Waals surface area contributed by atoms with Gasteiger partial charge in [0.05, 0.1) is 11.4 Å². The van der Waals surface area contributed by atoms with Crippen LogP contribution < -0.4 is 4.72 Å². The molecule has 3 N–H and O–H groups in total. The first-order valence-corrected chi connectivity index (χ1v) is 8.53. The van der Waals surface area contributed by atoms with Crippen molar-refractivity contribution in [2.45, 2.75) is 25.2 Å². The topological polar surface area (TPSA) is 90.6 Å². The number of H-pyrrole nitrogens is 2. The number of fused-ring (bicyclic) bond motifs is 1. The zero-order chi connectivity index (χ0) is 15.7. The number of aromatic nitrogens is 3. The maximum Gasteiger partial charge on any atom is 0.244 e. The lowest BCUT2D eigenvalue weighted by atomic mass is 10.1. The molecule has 3 rings (SSSR count). The van der Waals surface area contributed by atoms with Gasteiger partial charge in [0.1, 0.15) is 4.90 Å². The van der Waals surface area contributed by atoms with E-state index in [9.17, 15) is 8.42 Å². The maximum atomic E-state index is 12.3. The summed E-state index contributed by atoms with van der Waals surface area (Å²) in [6, 6.07) is 7.97. The Hall–Kier alpha value is -2.12. The van der Waals surface area contributed by atoms with Gasteiger partial charge in [-0.3, -0.25) is 5.10 Å². The minimum absolute atomic E-state index is 0.242. The SMILES string of the molecule is Cc1n[nH]c(C)c1S(=O)(=O)NCCc1c[nH]c2ccccc12. The molecule has 7 heteroatoms. The number of aromatic amines is 2. The van der Waals surface area contributed by atoms with Crippen LogP contribution in [-0.4, -0.2) is 30.1 Å². The van der Waals surface area contributed by atoms with Gasteiger partial charge in [0.15, 0.2) is 0 Å². The van der Waals surface area contributed by atoms with Gasteiger partial charge >= 0.3 is 0 Å². The number of sulfonamides is 1. The smallest absolute Gasteiger partial charge is 0.244 e. The van der Waals surface area contributed by atoms with Crippen LogP contribution in [0.3, 0.4) is 0 Å². The van der Waals surface area contributed by atoms with Crippen LogP contribution in [0.15, 0.2) is 35.4 Å². The number of nitrogens with zero attached hydrogens (tertiary/aromatic N) is 1. The summed E-state index contributed by atoms with van der Waals surface area (Å²) in [6.07, 6.45) is 2.55. The molecule has 116 valence electrons. The van der Waals surface area contributed by atoms with E-state index >= 15 is 0 Å². The van der Waals surface area contributed by atoms with Crippen molar-refractivity contribution in [2.75, 3.05) is 6.54 Å². The number of hydrogen-bond acceptors (Lipinski definition) is 3. The average Bonchev–Trinajstić information content (AvgIpc) is 3.03. The summed E-state index contributed by atoms with van der Waals surface area (Å²) in [5.41, 5.74) is 3.19. The summed E-state index contributed by atoms with van der Waals surface area (Å²) in [5, 5.41) is 7.75. The summed E-state index contributed by atoms with van der Waals surface area (Å²) in [5.74, 6) is 0. The molecule has 0 saturated heterocycles. The molecule has 0 radical (unpaired) electrons. The first-order valence-electron chi connectivity index (χ1n) is 7.05. The highest BCUT2D eigenvalue weighted by Crippen LogP contribution is 2.19. The van der Waals surface area contributed by atoms with E-state index in [1.165, 1.54) is 0 Å². The summed E-state index contributed by atoms with van der Waals surface area (Å²) >= 11 is 0.